The molecular weight excluding hydrogens is 328 g/mol. The lowest BCUT2D eigenvalue weighted by molar-refractivity contribution is -0.00311. The van der Waals surface area contributed by atoms with E-state index in [-0.39, 0.29) is 12.0 Å². The van der Waals surface area contributed by atoms with Crippen LogP contribution < -0.4 is 10.5 Å². The summed E-state index contributed by atoms with van der Waals surface area (Å²) in [6.07, 6.45) is 4.19. The van der Waals surface area contributed by atoms with Crippen molar-refractivity contribution in [1.29, 1.82) is 0 Å². The highest BCUT2D eigenvalue weighted by molar-refractivity contribution is 6.32. The van der Waals surface area contributed by atoms with Crippen molar-refractivity contribution in [2.24, 2.45) is 5.73 Å². The van der Waals surface area contributed by atoms with Gasteiger partial charge in [-0.15, -0.1) is 0 Å². The summed E-state index contributed by atoms with van der Waals surface area (Å²) in [5.41, 5.74) is 6.02. The molecule has 2 N–H and O–H groups in total. The Kier molecular flexibility index (Phi) is 7.82. The zero-order chi connectivity index (χ0) is 17.4. The molecular formula is C18H27ClN2O3. The maximum Gasteiger partial charge on any atom is 0.253 e. The lowest BCUT2D eigenvalue weighted by atomic mass is 10.1. The molecule has 24 heavy (non-hydrogen) atoms. The van der Waals surface area contributed by atoms with Gasteiger partial charge in [0, 0.05) is 25.3 Å². The quantitative estimate of drug-likeness (QED) is 0.728. The summed E-state index contributed by atoms with van der Waals surface area (Å²) in [7, 11) is 0. The number of likely N-dealkylation sites (N-methyl/N-ethyl adjacent to an activating group) is 1. The van der Waals surface area contributed by atoms with Crippen molar-refractivity contribution in [2.45, 2.75) is 38.7 Å². The second kappa shape index (κ2) is 9.87. The number of nitrogens with two attached hydrogens (primary N) is 1. The Balaban J connectivity index is 1.99. The Morgan fingerprint density at radius 1 is 1.46 bits per heavy atom. The van der Waals surface area contributed by atoms with Gasteiger partial charge in [0.25, 0.3) is 5.91 Å². The molecule has 5 nitrogen and oxygen atoms in total. The predicted octanol–water partition coefficient (Wildman–Crippen LogP) is 3.10. The van der Waals surface area contributed by atoms with Crippen LogP contribution in [0.2, 0.25) is 5.02 Å². The summed E-state index contributed by atoms with van der Waals surface area (Å²) in [4.78, 5) is 14.5. The summed E-state index contributed by atoms with van der Waals surface area (Å²) in [6, 6.07) is 5.18. The number of hydrogen-bond donors (Lipinski definition) is 1. The van der Waals surface area contributed by atoms with Crippen LogP contribution in [-0.2, 0) is 4.74 Å². The lowest BCUT2D eigenvalue weighted by Crippen LogP contribution is -2.39. The molecule has 1 aromatic rings. The highest BCUT2D eigenvalue weighted by Gasteiger charge is 2.22. The minimum Gasteiger partial charge on any atom is -0.492 e. The third-order valence-corrected chi connectivity index (χ3v) is 4.45. The largest absolute Gasteiger partial charge is 0.492 e. The van der Waals surface area contributed by atoms with Gasteiger partial charge in [-0.25, -0.2) is 0 Å². The van der Waals surface area contributed by atoms with Crippen molar-refractivity contribution >= 4 is 17.5 Å². The van der Waals surface area contributed by atoms with Gasteiger partial charge < -0.3 is 20.1 Å². The summed E-state index contributed by atoms with van der Waals surface area (Å²) in [5.74, 6) is 0.558. The number of carbonyl (C=O) groups is 1. The molecule has 1 heterocycles. The predicted molar refractivity (Wildman–Crippen MR) is 95.8 cm³/mol. The smallest absolute Gasteiger partial charge is 0.253 e. The number of halogens is 1. The van der Waals surface area contributed by atoms with Gasteiger partial charge in [0.2, 0.25) is 0 Å². The van der Waals surface area contributed by atoms with E-state index in [1.807, 2.05) is 11.8 Å². The average Bonchev–Trinajstić information content (AvgIpc) is 2.61. The molecule has 1 aromatic carbocycles. The van der Waals surface area contributed by atoms with Crippen molar-refractivity contribution in [2.75, 3.05) is 32.8 Å². The Morgan fingerprint density at radius 3 is 2.92 bits per heavy atom. The standard InChI is InChI=1S/C18H27ClN2O3/c1-2-21(13-15-6-3-4-10-23-15)18(22)14-7-8-17(16(19)12-14)24-11-5-9-20/h7-8,12,15H,2-6,9-11,13,20H2,1H3/t15-/m1/s1. The zero-order valence-electron chi connectivity index (χ0n) is 14.3. The number of amides is 1. The van der Waals surface area contributed by atoms with E-state index < -0.39 is 0 Å². The third kappa shape index (κ3) is 5.36. The number of nitrogens with zero attached hydrogens (tertiary/aromatic N) is 1. The second-order valence-electron chi connectivity index (χ2n) is 5.97. The minimum atomic E-state index is -0.0259. The fourth-order valence-corrected chi connectivity index (χ4v) is 2.99. The molecule has 1 aliphatic rings. The van der Waals surface area contributed by atoms with Gasteiger partial charge in [-0.3, -0.25) is 4.79 Å². The number of rotatable bonds is 8. The number of ether oxygens (including phenoxy) is 2. The molecule has 0 bridgehead atoms. The molecule has 0 radical (unpaired) electrons. The summed E-state index contributed by atoms with van der Waals surface area (Å²) in [5, 5.41) is 0.447. The third-order valence-electron chi connectivity index (χ3n) is 4.15. The highest BCUT2D eigenvalue weighted by Crippen LogP contribution is 2.26. The number of hydrogen-bond acceptors (Lipinski definition) is 4. The van der Waals surface area contributed by atoms with Crippen molar-refractivity contribution in [3.05, 3.63) is 28.8 Å². The second-order valence-corrected chi connectivity index (χ2v) is 6.38. The van der Waals surface area contributed by atoms with Crippen LogP contribution in [0.1, 0.15) is 43.0 Å². The van der Waals surface area contributed by atoms with E-state index in [0.29, 0.717) is 42.6 Å². The van der Waals surface area contributed by atoms with Crippen LogP contribution in [0.3, 0.4) is 0 Å². The van der Waals surface area contributed by atoms with Gasteiger partial charge in [0.05, 0.1) is 17.7 Å². The molecule has 0 unspecified atom stereocenters. The minimum absolute atomic E-state index is 0.0259. The van der Waals surface area contributed by atoms with Crippen molar-refractivity contribution in [3.63, 3.8) is 0 Å². The molecule has 1 saturated heterocycles. The zero-order valence-corrected chi connectivity index (χ0v) is 15.1. The monoisotopic (exact) mass is 354 g/mol. The normalized spacial score (nSPS) is 17.5. The molecule has 2 rings (SSSR count). The van der Waals surface area contributed by atoms with E-state index in [1.54, 1.807) is 18.2 Å². The number of carbonyl (C=O) groups excluding carboxylic acids is 1. The molecule has 0 aromatic heterocycles. The van der Waals surface area contributed by atoms with Crippen LogP contribution in [0.5, 0.6) is 5.75 Å². The summed E-state index contributed by atoms with van der Waals surface area (Å²) < 4.78 is 11.3. The average molecular weight is 355 g/mol. The van der Waals surface area contributed by atoms with Crippen molar-refractivity contribution in [1.82, 2.24) is 4.90 Å². The lowest BCUT2D eigenvalue weighted by Gasteiger charge is -2.29. The molecule has 1 amide bonds. The molecule has 0 spiro atoms. The van der Waals surface area contributed by atoms with E-state index >= 15 is 0 Å². The van der Waals surface area contributed by atoms with Crippen LogP contribution in [0, 0.1) is 0 Å². The first-order chi connectivity index (χ1) is 11.7. The Labute approximate surface area is 149 Å². The SMILES string of the molecule is CCN(C[C@H]1CCCCO1)C(=O)c1ccc(OCCCN)c(Cl)c1. The first-order valence-electron chi connectivity index (χ1n) is 8.69. The van der Waals surface area contributed by atoms with E-state index in [4.69, 9.17) is 26.8 Å². The van der Waals surface area contributed by atoms with Gasteiger partial charge >= 0.3 is 0 Å². The summed E-state index contributed by atoms with van der Waals surface area (Å²) in [6.45, 7) is 5.13. The van der Waals surface area contributed by atoms with Crippen LogP contribution in [0.25, 0.3) is 0 Å². The molecule has 134 valence electrons. The van der Waals surface area contributed by atoms with E-state index in [0.717, 1.165) is 32.3 Å². The molecule has 0 saturated carbocycles. The Bertz CT molecular complexity index is 533. The van der Waals surface area contributed by atoms with Crippen LogP contribution in [-0.4, -0.2) is 49.8 Å². The van der Waals surface area contributed by atoms with Gasteiger partial charge in [-0.1, -0.05) is 11.6 Å². The number of benzene rings is 1. The molecule has 6 heteroatoms. The molecule has 0 aliphatic carbocycles. The molecule has 1 atom stereocenters. The van der Waals surface area contributed by atoms with E-state index in [2.05, 4.69) is 0 Å². The summed E-state index contributed by atoms with van der Waals surface area (Å²) >= 11 is 6.24. The van der Waals surface area contributed by atoms with Crippen LogP contribution in [0.15, 0.2) is 18.2 Å². The van der Waals surface area contributed by atoms with Crippen LogP contribution >= 0.6 is 11.6 Å². The van der Waals surface area contributed by atoms with Crippen molar-refractivity contribution in [3.8, 4) is 5.75 Å². The van der Waals surface area contributed by atoms with Gasteiger partial charge in [0.1, 0.15) is 5.75 Å². The first-order valence-corrected chi connectivity index (χ1v) is 9.06. The van der Waals surface area contributed by atoms with E-state index in [9.17, 15) is 4.79 Å². The van der Waals surface area contributed by atoms with Gasteiger partial charge in [-0.2, -0.15) is 0 Å². The topological polar surface area (TPSA) is 64.8 Å². The van der Waals surface area contributed by atoms with Crippen molar-refractivity contribution < 1.29 is 14.3 Å². The van der Waals surface area contributed by atoms with Gasteiger partial charge in [-0.05, 0) is 57.4 Å². The molecule has 1 fully saturated rings. The maximum absolute atomic E-state index is 12.7. The fourth-order valence-electron chi connectivity index (χ4n) is 2.75. The first kappa shape index (κ1) is 19.0. The van der Waals surface area contributed by atoms with E-state index in [1.165, 1.54) is 0 Å². The van der Waals surface area contributed by atoms with Crippen LogP contribution in [0.4, 0.5) is 0 Å². The fraction of sp³-hybridized carbons (Fsp3) is 0.611. The van der Waals surface area contributed by atoms with Gasteiger partial charge in [0.15, 0.2) is 0 Å². The maximum atomic E-state index is 12.7. The highest BCUT2D eigenvalue weighted by atomic mass is 35.5. The Morgan fingerprint density at radius 2 is 2.29 bits per heavy atom. The molecule has 1 aliphatic heterocycles. The Hall–Kier alpha value is -1.30.